The second-order valence-electron chi connectivity index (χ2n) is 31.0. The van der Waals surface area contributed by atoms with Crippen LogP contribution in [0.2, 0.25) is 0 Å². The fourth-order valence-electron chi connectivity index (χ4n) is 11.4. The molecule has 3 heteroatoms. The van der Waals surface area contributed by atoms with Crippen LogP contribution in [0.3, 0.4) is 0 Å². The lowest BCUT2D eigenvalue weighted by Gasteiger charge is -2.17. The van der Waals surface area contributed by atoms with Crippen molar-refractivity contribution in [2.75, 3.05) is 0 Å². The molecule has 3 aliphatic rings. The Labute approximate surface area is 501 Å². The van der Waals surface area contributed by atoms with Gasteiger partial charge in [0.05, 0.1) is 36.6 Å². The zero-order chi connectivity index (χ0) is 58.9. The number of rotatable bonds is 48. The molecule has 0 amide bonds. The Bertz CT molecular complexity index is 1270. The largest absolute Gasteiger partial charge is 0.370 e. The van der Waals surface area contributed by atoms with E-state index >= 15 is 0 Å². The molecule has 0 aliphatic carbocycles. The van der Waals surface area contributed by atoms with E-state index in [4.69, 9.17) is 14.2 Å². The molecule has 6 atom stereocenters. The molecule has 79 heavy (non-hydrogen) atoms. The molecule has 0 aromatic carbocycles. The fourth-order valence-corrected chi connectivity index (χ4v) is 11.4. The molecule has 0 radical (unpaired) electrons. The second-order valence-corrected chi connectivity index (χ2v) is 31.0. The molecule has 3 heterocycles. The molecular formula is C76H152O3. The highest BCUT2D eigenvalue weighted by Gasteiger charge is 2.47. The minimum Gasteiger partial charge on any atom is -0.370 e. The molecule has 0 saturated carbocycles. The number of unbranched alkanes of at least 4 members (excludes halogenated alkanes) is 32. The highest BCUT2D eigenvalue weighted by molar-refractivity contribution is 4.94. The molecule has 3 nitrogen and oxygen atoms in total. The highest BCUT2D eigenvalue weighted by Crippen LogP contribution is 2.39. The number of ether oxygens (including phenoxy) is 3. The van der Waals surface area contributed by atoms with E-state index in [1.165, 1.54) is 302 Å². The quantitative estimate of drug-likeness (QED) is 0.0346. The van der Waals surface area contributed by atoms with Crippen molar-refractivity contribution in [3.8, 4) is 0 Å². The fraction of sp³-hybridized carbons (Fsp3) is 0.974. The predicted molar refractivity (Wildman–Crippen MR) is 357 cm³/mol. The number of hydrogen-bond acceptors (Lipinski definition) is 3. The average molecular weight is 1110 g/mol. The summed E-state index contributed by atoms with van der Waals surface area (Å²) >= 11 is 0. The van der Waals surface area contributed by atoms with Crippen LogP contribution in [0.4, 0.5) is 0 Å². The van der Waals surface area contributed by atoms with Gasteiger partial charge in [-0.2, -0.15) is 0 Å². The molecular weight excluding hydrogens is 961 g/mol. The Hall–Kier alpha value is -0.380. The van der Waals surface area contributed by atoms with Crippen LogP contribution in [0.25, 0.3) is 0 Å². The van der Waals surface area contributed by atoms with E-state index < -0.39 is 0 Å². The smallest absolute Gasteiger partial charge is 0.0867 e. The lowest BCUT2D eigenvalue weighted by molar-refractivity contribution is 0.318. The van der Waals surface area contributed by atoms with E-state index in [0.29, 0.717) is 58.3 Å². The van der Waals surface area contributed by atoms with E-state index in [2.05, 4.69) is 123 Å². The Balaban J connectivity index is 0.00000103. The molecule has 3 aliphatic heterocycles. The lowest BCUT2D eigenvalue weighted by atomic mass is 9.89. The molecule has 3 rings (SSSR count). The highest BCUT2D eigenvalue weighted by atomic mass is 16.6. The van der Waals surface area contributed by atoms with Gasteiger partial charge in [0.1, 0.15) is 0 Å². The molecule has 0 aromatic rings. The Morgan fingerprint density at radius 1 is 0.228 bits per heavy atom. The molecule has 0 N–H and O–H groups in total. The third kappa shape index (κ3) is 62.0. The van der Waals surface area contributed by atoms with Gasteiger partial charge in [0.25, 0.3) is 0 Å². The van der Waals surface area contributed by atoms with Gasteiger partial charge in [-0.15, -0.1) is 0 Å². The minimum atomic E-state index is 0.510. The summed E-state index contributed by atoms with van der Waals surface area (Å²) in [5.41, 5.74) is 2.10. The van der Waals surface area contributed by atoms with Crippen LogP contribution < -0.4 is 0 Å². The van der Waals surface area contributed by atoms with Gasteiger partial charge >= 0.3 is 0 Å². The van der Waals surface area contributed by atoms with Crippen LogP contribution in [-0.4, -0.2) is 36.6 Å². The van der Waals surface area contributed by atoms with Crippen LogP contribution in [0.15, 0.2) is 12.2 Å². The van der Waals surface area contributed by atoms with Gasteiger partial charge in [-0.05, 0) is 98.7 Å². The van der Waals surface area contributed by atoms with Crippen LogP contribution >= 0.6 is 0 Å². The molecule has 474 valence electrons. The third-order valence-electron chi connectivity index (χ3n) is 17.0. The average Bonchev–Trinajstić information content (AvgIpc) is 4.36. The van der Waals surface area contributed by atoms with E-state index in [9.17, 15) is 0 Å². The van der Waals surface area contributed by atoms with Gasteiger partial charge in [0.2, 0.25) is 0 Å². The van der Waals surface area contributed by atoms with Crippen LogP contribution in [0.5, 0.6) is 0 Å². The summed E-state index contributed by atoms with van der Waals surface area (Å²) in [6.45, 7) is 37.2. The van der Waals surface area contributed by atoms with Crippen LogP contribution in [0, 0.1) is 21.7 Å². The summed E-state index contributed by atoms with van der Waals surface area (Å²) < 4.78 is 17.2. The van der Waals surface area contributed by atoms with Gasteiger partial charge in [0.15, 0.2) is 0 Å². The maximum Gasteiger partial charge on any atom is 0.0867 e. The Kier molecular flexibility index (Phi) is 50.7. The first-order chi connectivity index (χ1) is 37.6. The van der Waals surface area contributed by atoms with Crippen molar-refractivity contribution in [3.05, 3.63) is 12.2 Å². The van der Waals surface area contributed by atoms with Gasteiger partial charge in [-0.1, -0.05) is 348 Å². The van der Waals surface area contributed by atoms with Crippen molar-refractivity contribution in [1.29, 1.82) is 0 Å². The minimum absolute atomic E-state index is 0.510. The molecule has 0 bridgehead atoms. The SMILES string of the molecule is CCCC1OC1CC1OC1CCCCCCCC(C)(C)C.CCCCCC/C=C\CCCCCCCC(C)(C)C.CCCCCCC1OC1CCCCCCCC(C)(C)C.CCCCCCCCCCCCCCCC(C)(C)C. The molecule has 3 fully saturated rings. The predicted octanol–water partition coefficient (Wildman–Crippen LogP) is 26.8. The first-order valence-electron chi connectivity index (χ1n) is 36.3. The number of hydrogen-bond donors (Lipinski definition) is 0. The number of epoxide rings is 3. The van der Waals surface area contributed by atoms with Crippen molar-refractivity contribution in [2.24, 2.45) is 21.7 Å². The summed E-state index contributed by atoms with van der Waals surface area (Å²) in [7, 11) is 0. The van der Waals surface area contributed by atoms with Crippen molar-refractivity contribution in [1.82, 2.24) is 0 Å². The summed E-state index contributed by atoms with van der Waals surface area (Å²) in [6.07, 6.45) is 74.9. The second kappa shape index (κ2) is 50.9. The first-order valence-corrected chi connectivity index (χ1v) is 36.3. The summed E-state index contributed by atoms with van der Waals surface area (Å²) in [5.74, 6) is 0. The van der Waals surface area contributed by atoms with E-state index in [1.54, 1.807) is 0 Å². The normalized spacial score (nSPS) is 19.8. The van der Waals surface area contributed by atoms with Gasteiger partial charge in [0, 0.05) is 6.42 Å². The van der Waals surface area contributed by atoms with Crippen LogP contribution in [-0.2, 0) is 14.2 Å². The summed E-state index contributed by atoms with van der Waals surface area (Å²) in [4.78, 5) is 0. The zero-order valence-electron chi connectivity index (χ0n) is 57.8. The van der Waals surface area contributed by atoms with E-state index in [-0.39, 0.29) is 0 Å². The lowest BCUT2D eigenvalue weighted by Crippen LogP contribution is -2.04. The number of allylic oxidation sites excluding steroid dienone is 2. The van der Waals surface area contributed by atoms with Crippen molar-refractivity contribution in [3.63, 3.8) is 0 Å². The Morgan fingerprint density at radius 2 is 0.443 bits per heavy atom. The molecule has 3 saturated heterocycles. The maximum atomic E-state index is 5.79. The maximum absolute atomic E-state index is 5.79. The van der Waals surface area contributed by atoms with Crippen molar-refractivity contribution in [2.45, 2.75) is 456 Å². The van der Waals surface area contributed by atoms with E-state index in [1.807, 2.05) is 0 Å². The summed E-state index contributed by atoms with van der Waals surface area (Å²) in [6, 6.07) is 0. The Morgan fingerprint density at radius 3 is 0.734 bits per heavy atom. The topological polar surface area (TPSA) is 37.6 Å². The molecule has 6 unspecified atom stereocenters. The zero-order valence-corrected chi connectivity index (χ0v) is 57.8. The van der Waals surface area contributed by atoms with Crippen molar-refractivity contribution < 1.29 is 14.2 Å². The third-order valence-corrected chi connectivity index (χ3v) is 17.0. The first kappa shape index (κ1) is 78.6. The summed E-state index contributed by atoms with van der Waals surface area (Å²) in [5, 5.41) is 0. The monoisotopic (exact) mass is 1110 g/mol. The van der Waals surface area contributed by atoms with Gasteiger partial charge in [-0.25, -0.2) is 0 Å². The molecule has 0 spiro atoms. The van der Waals surface area contributed by atoms with Gasteiger partial charge < -0.3 is 14.2 Å². The van der Waals surface area contributed by atoms with Crippen LogP contribution in [0.1, 0.15) is 419 Å². The van der Waals surface area contributed by atoms with E-state index in [0.717, 1.165) is 6.42 Å². The van der Waals surface area contributed by atoms with Crippen molar-refractivity contribution >= 4 is 0 Å². The standard InChI is InChI=1S/C19H36O2.C19H38O.C19H40.C19H38/c1-5-11-15-17(20-15)14-18-16(21-18)12-9-7-6-8-10-13-19(2,3)4;1-5-6-7-11-14-17-18(20-17)15-12-9-8-10-13-16-19(2,3)4;2*1-5-6-7-8-9-10-11-12-13-14-15-16-17-18-19(2,3)4/h15-18H,5-14H2,1-4H3;17-18H,5-16H2,1-4H3;5-18H2,1-4H3;10-11H,5-9,12-18H2,1-4H3/b;;;11-10-. The van der Waals surface area contributed by atoms with Gasteiger partial charge in [-0.3, -0.25) is 0 Å². The molecule has 0 aromatic heterocycles.